The van der Waals surface area contributed by atoms with Crippen LogP contribution in [0.4, 0.5) is 0 Å². The van der Waals surface area contributed by atoms with E-state index >= 15 is 0 Å². The molecule has 3 N–H and O–H groups in total. The minimum Gasteiger partial charge on any atom is -0.494 e. The van der Waals surface area contributed by atoms with Crippen molar-refractivity contribution in [2.75, 3.05) is 18.6 Å². The first-order chi connectivity index (χ1) is 8.20. The summed E-state index contributed by atoms with van der Waals surface area (Å²) in [6.07, 6.45) is 1.85. The number of nitrogens with one attached hydrogen (secondary N) is 1. The van der Waals surface area contributed by atoms with E-state index < -0.39 is 5.91 Å². The average Bonchev–Trinajstić information content (AvgIpc) is 2.69. The highest BCUT2D eigenvalue weighted by Gasteiger charge is 2.03. The SMILES string of the molecule is CCOc1ccc2c(ccn2NCC(N)=O)c1. The van der Waals surface area contributed by atoms with E-state index in [9.17, 15) is 4.79 Å². The summed E-state index contributed by atoms with van der Waals surface area (Å²) in [6.45, 7) is 2.70. The Morgan fingerprint density at radius 2 is 2.29 bits per heavy atom. The summed E-state index contributed by atoms with van der Waals surface area (Å²) < 4.78 is 7.19. The van der Waals surface area contributed by atoms with Gasteiger partial charge in [0.1, 0.15) is 12.3 Å². The molecule has 0 saturated heterocycles. The summed E-state index contributed by atoms with van der Waals surface area (Å²) in [5, 5.41) is 1.05. The van der Waals surface area contributed by atoms with Gasteiger partial charge in [0.25, 0.3) is 0 Å². The third kappa shape index (κ3) is 2.50. The van der Waals surface area contributed by atoms with Gasteiger partial charge in [0.15, 0.2) is 0 Å². The number of rotatable bonds is 5. The van der Waals surface area contributed by atoms with Crippen LogP contribution in [0.3, 0.4) is 0 Å². The van der Waals surface area contributed by atoms with Gasteiger partial charge in [0, 0.05) is 11.6 Å². The Labute approximate surface area is 99.1 Å². The number of aromatic nitrogens is 1. The van der Waals surface area contributed by atoms with Crippen LogP contribution in [0.25, 0.3) is 10.9 Å². The van der Waals surface area contributed by atoms with E-state index in [2.05, 4.69) is 5.43 Å². The smallest absolute Gasteiger partial charge is 0.238 e. The number of carbonyl (C=O) groups excluding carboxylic acids is 1. The van der Waals surface area contributed by atoms with E-state index in [0.29, 0.717) is 6.61 Å². The number of ether oxygens (including phenoxy) is 1. The number of carbonyl (C=O) groups is 1. The molecule has 90 valence electrons. The summed E-state index contributed by atoms with van der Waals surface area (Å²) in [7, 11) is 0. The number of hydrogen-bond acceptors (Lipinski definition) is 3. The van der Waals surface area contributed by atoms with Gasteiger partial charge >= 0.3 is 0 Å². The van der Waals surface area contributed by atoms with Crippen LogP contribution in [0.5, 0.6) is 5.75 Å². The molecule has 1 aromatic heterocycles. The van der Waals surface area contributed by atoms with Crippen molar-refractivity contribution in [3.05, 3.63) is 30.5 Å². The quantitative estimate of drug-likeness (QED) is 0.811. The zero-order chi connectivity index (χ0) is 12.3. The Bertz CT molecular complexity index is 534. The molecule has 2 rings (SSSR count). The van der Waals surface area contributed by atoms with Gasteiger partial charge in [-0.2, -0.15) is 0 Å². The van der Waals surface area contributed by atoms with E-state index in [-0.39, 0.29) is 6.54 Å². The molecule has 0 bridgehead atoms. The lowest BCUT2D eigenvalue weighted by molar-refractivity contribution is -0.116. The predicted octanol–water partition coefficient (Wildman–Crippen LogP) is 1.07. The number of nitrogens with zero attached hydrogens (tertiary/aromatic N) is 1. The normalized spacial score (nSPS) is 10.4. The fourth-order valence-corrected chi connectivity index (χ4v) is 1.68. The summed E-state index contributed by atoms with van der Waals surface area (Å²) in [6, 6.07) is 7.75. The van der Waals surface area contributed by atoms with E-state index in [1.54, 1.807) is 4.68 Å². The van der Waals surface area contributed by atoms with Crippen molar-refractivity contribution in [2.45, 2.75) is 6.92 Å². The molecule has 0 aliphatic carbocycles. The van der Waals surface area contributed by atoms with Gasteiger partial charge in [-0.1, -0.05) is 0 Å². The van der Waals surface area contributed by atoms with Crippen LogP contribution >= 0.6 is 0 Å². The molecule has 1 heterocycles. The summed E-state index contributed by atoms with van der Waals surface area (Å²) in [4.78, 5) is 10.7. The Morgan fingerprint density at radius 1 is 1.47 bits per heavy atom. The molecule has 5 nitrogen and oxygen atoms in total. The molecule has 0 fully saturated rings. The van der Waals surface area contributed by atoms with Crippen molar-refractivity contribution in [3.63, 3.8) is 0 Å². The average molecular weight is 233 g/mol. The molecule has 0 saturated carbocycles. The Kier molecular flexibility index (Phi) is 3.18. The highest BCUT2D eigenvalue weighted by molar-refractivity contribution is 5.82. The maximum Gasteiger partial charge on any atom is 0.238 e. The van der Waals surface area contributed by atoms with Crippen LogP contribution in [-0.2, 0) is 4.79 Å². The number of amides is 1. The van der Waals surface area contributed by atoms with Crippen LogP contribution in [0.15, 0.2) is 30.5 Å². The lowest BCUT2D eigenvalue weighted by Crippen LogP contribution is -2.27. The number of benzene rings is 1. The second-order valence-electron chi connectivity index (χ2n) is 3.64. The molecule has 0 spiro atoms. The zero-order valence-electron chi connectivity index (χ0n) is 9.64. The van der Waals surface area contributed by atoms with Crippen molar-refractivity contribution >= 4 is 16.8 Å². The first-order valence-corrected chi connectivity index (χ1v) is 5.47. The van der Waals surface area contributed by atoms with E-state index in [0.717, 1.165) is 16.7 Å². The maximum absolute atomic E-state index is 10.7. The van der Waals surface area contributed by atoms with E-state index in [1.165, 1.54) is 0 Å². The van der Waals surface area contributed by atoms with Crippen molar-refractivity contribution in [3.8, 4) is 5.75 Å². The number of fused-ring (bicyclic) bond motifs is 1. The largest absolute Gasteiger partial charge is 0.494 e. The summed E-state index contributed by atoms with van der Waals surface area (Å²) >= 11 is 0. The predicted molar refractivity (Wildman–Crippen MR) is 66.5 cm³/mol. The first kappa shape index (κ1) is 11.3. The van der Waals surface area contributed by atoms with Crippen LogP contribution in [0.1, 0.15) is 6.92 Å². The van der Waals surface area contributed by atoms with Gasteiger partial charge in [-0.3, -0.25) is 9.47 Å². The fraction of sp³-hybridized carbons (Fsp3) is 0.250. The van der Waals surface area contributed by atoms with Gasteiger partial charge in [0.2, 0.25) is 5.91 Å². The summed E-state index contributed by atoms with van der Waals surface area (Å²) in [5.41, 5.74) is 8.98. The van der Waals surface area contributed by atoms with Crippen molar-refractivity contribution < 1.29 is 9.53 Å². The van der Waals surface area contributed by atoms with E-state index in [4.69, 9.17) is 10.5 Å². The Morgan fingerprint density at radius 3 is 3.00 bits per heavy atom. The molecular formula is C12H15N3O2. The topological polar surface area (TPSA) is 69.3 Å². The summed E-state index contributed by atoms with van der Waals surface area (Å²) in [5.74, 6) is 0.449. The van der Waals surface area contributed by atoms with Crippen LogP contribution < -0.4 is 15.9 Å². The number of nitrogens with two attached hydrogens (primary N) is 1. The number of primary amides is 1. The second kappa shape index (κ2) is 4.78. The Balaban J connectivity index is 2.25. The first-order valence-electron chi connectivity index (χ1n) is 5.47. The minimum absolute atomic E-state index is 0.108. The van der Waals surface area contributed by atoms with Gasteiger partial charge in [-0.25, -0.2) is 0 Å². The lowest BCUT2D eigenvalue weighted by Gasteiger charge is -2.08. The monoisotopic (exact) mass is 233 g/mol. The van der Waals surface area contributed by atoms with Crippen molar-refractivity contribution in [2.24, 2.45) is 5.73 Å². The van der Waals surface area contributed by atoms with Crippen LogP contribution in [0.2, 0.25) is 0 Å². The standard InChI is InChI=1S/C12H15N3O2/c1-2-17-10-3-4-11-9(7-10)5-6-15(11)14-8-12(13)16/h3-7,14H,2,8H2,1H3,(H2,13,16). The van der Waals surface area contributed by atoms with Crippen molar-refractivity contribution in [1.82, 2.24) is 4.68 Å². The Hall–Kier alpha value is -2.17. The third-order valence-corrected chi connectivity index (χ3v) is 2.40. The zero-order valence-corrected chi connectivity index (χ0v) is 9.64. The number of hydrogen-bond donors (Lipinski definition) is 2. The molecule has 1 amide bonds. The van der Waals surface area contributed by atoms with Gasteiger partial charge in [-0.05, 0) is 31.2 Å². The highest BCUT2D eigenvalue weighted by atomic mass is 16.5. The molecule has 0 atom stereocenters. The van der Waals surface area contributed by atoms with Crippen molar-refractivity contribution in [1.29, 1.82) is 0 Å². The molecule has 2 aromatic rings. The molecule has 0 unspecified atom stereocenters. The van der Waals surface area contributed by atoms with E-state index in [1.807, 2.05) is 37.4 Å². The van der Waals surface area contributed by atoms with Gasteiger partial charge < -0.3 is 15.9 Å². The molecule has 17 heavy (non-hydrogen) atoms. The lowest BCUT2D eigenvalue weighted by atomic mass is 10.2. The fourth-order valence-electron chi connectivity index (χ4n) is 1.68. The van der Waals surface area contributed by atoms with Gasteiger partial charge in [-0.15, -0.1) is 0 Å². The molecule has 0 aliphatic rings. The molecule has 1 aromatic carbocycles. The second-order valence-corrected chi connectivity index (χ2v) is 3.64. The third-order valence-electron chi connectivity index (χ3n) is 2.40. The molecule has 5 heteroatoms. The molecule has 0 radical (unpaired) electrons. The maximum atomic E-state index is 10.7. The van der Waals surface area contributed by atoms with Crippen LogP contribution in [0, 0.1) is 0 Å². The molecule has 0 aliphatic heterocycles. The highest BCUT2D eigenvalue weighted by Crippen LogP contribution is 2.21. The molecular weight excluding hydrogens is 218 g/mol. The van der Waals surface area contributed by atoms with Gasteiger partial charge in [0.05, 0.1) is 12.1 Å². The minimum atomic E-state index is -0.391. The van der Waals surface area contributed by atoms with Crippen LogP contribution in [-0.4, -0.2) is 23.7 Å².